The summed E-state index contributed by atoms with van der Waals surface area (Å²) in [4.78, 5) is 12.9. The number of carbonyl (C=O) groups is 1. The maximum absolute atomic E-state index is 13.0. The van der Waals surface area contributed by atoms with Gasteiger partial charge in [-0.15, -0.1) is 0 Å². The Bertz CT molecular complexity index is 956. The van der Waals surface area contributed by atoms with Crippen molar-refractivity contribution in [1.82, 2.24) is 4.31 Å². The van der Waals surface area contributed by atoms with Gasteiger partial charge >= 0.3 is 0 Å². The molecule has 28 heavy (non-hydrogen) atoms. The van der Waals surface area contributed by atoms with Crippen LogP contribution in [0.5, 0.6) is 5.75 Å². The lowest BCUT2D eigenvalue weighted by Crippen LogP contribution is -2.35. The van der Waals surface area contributed by atoms with E-state index in [1.54, 1.807) is 18.2 Å². The van der Waals surface area contributed by atoms with E-state index in [0.29, 0.717) is 36.7 Å². The highest BCUT2D eigenvalue weighted by molar-refractivity contribution is 14.1. The molecule has 8 heteroatoms. The van der Waals surface area contributed by atoms with Crippen LogP contribution in [0.25, 0.3) is 0 Å². The highest BCUT2D eigenvalue weighted by Gasteiger charge is 2.27. The molecule has 0 atom stereocenters. The fourth-order valence-corrected chi connectivity index (χ4v) is 5.31. The van der Waals surface area contributed by atoms with Crippen LogP contribution in [0.15, 0.2) is 47.4 Å². The molecule has 3 rings (SSSR count). The highest BCUT2D eigenvalue weighted by Crippen LogP contribution is 2.31. The van der Waals surface area contributed by atoms with Crippen LogP contribution in [-0.2, 0) is 10.0 Å². The van der Waals surface area contributed by atoms with Gasteiger partial charge in [-0.3, -0.25) is 4.79 Å². The molecule has 1 aliphatic rings. The van der Waals surface area contributed by atoms with Gasteiger partial charge in [-0.05, 0) is 72.7 Å². The third kappa shape index (κ3) is 4.66. The number of sulfonamides is 1. The molecule has 0 saturated carbocycles. The number of nitrogens with zero attached hydrogens (tertiary/aromatic N) is 1. The van der Waals surface area contributed by atoms with E-state index in [4.69, 9.17) is 4.74 Å². The molecule has 1 amide bonds. The number of amides is 1. The van der Waals surface area contributed by atoms with Crippen LogP contribution in [0, 0.1) is 3.57 Å². The molecule has 6 nitrogen and oxygen atoms in total. The molecule has 150 valence electrons. The minimum Gasteiger partial charge on any atom is -0.492 e. The van der Waals surface area contributed by atoms with Gasteiger partial charge in [0.05, 0.1) is 22.8 Å². The molecule has 1 aliphatic heterocycles. The summed E-state index contributed by atoms with van der Waals surface area (Å²) in [6.45, 7) is 3.30. The van der Waals surface area contributed by atoms with E-state index in [1.165, 1.54) is 16.4 Å². The second-order valence-corrected chi connectivity index (χ2v) is 9.59. The topological polar surface area (TPSA) is 75.7 Å². The first-order chi connectivity index (χ1) is 13.4. The number of rotatable bonds is 6. The third-order valence-corrected chi connectivity index (χ3v) is 7.41. The molecule has 1 fully saturated rings. The molecular weight excluding hydrogens is 491 g/mol. The normalized spacial score (nSPS) is 15.2. The van der Waals surface area contributed by atoms with E-state index in [9.17, 15) is 13.2 Å². The van der Waals surface area contributed by atoms with Crippen LogP contribution in [0.3, 0.4) is 0 Å². The number of halogens is 1. The van der Waals surface area contributed by atoms with Crippen molar-refractivity contribution in [3.05, 3.63) is 51.6 Å². The van der Waals surface area contributed by atoms with Gasteiger partial charge in [0, 0.05) is 16.7 Å². The molecule has 2 aromatic carbocycles. The van der Waals surface area contributed by atoms with Crippen molar-refractivity contribution in [2.24, 2.45) is 0 Å². The fourth-order valence-electron chi connectivity index (χ4n) is 3.14. The molecule has 0 aliphatic carbocycles. The van der Waals surface area contributed by atoms with Crippen molar-refractivity contribution in [3.63, 3.8) is 0 Å². The van der Waals surface area contributed by atoms with Gasteiger partial charge in [0.2, 0.25) is 10.0 Å². The van der Waals surface area contributed by atoms with Crippen molar-refractivity contribution in [1.29, 1.82) is 0 Å². The van der Waals surface area contributed by atoms with E-state index in [1.807, 2.05) is 19.1 Å². The van der Waals surface area contributed by atoms with E-state index in [0.717, 1.165) is 22.8 Å². The Morgan fingerprint density at radius 1 is 1.14 bits per heavy atom. The van der Waals surface area contributed by atoms with Crippen molar-refractivity contribution in [2.45, 2.75) is 31.1 Å². The molecule has 1 heterocycles. The van der Waals surface area contributed by atoms with Crippen molar-refractivity contribution in [3.8, 4) is 5.75 Å². The lowest BCUT2D eigenvalue weighted by Gasteiger charge is -2.26. The third-order valence-electron chi connectivity index (χ3n) is 4.57. The van der Waals surface area contributed by atoms with Crippen LogP contribution in [0.4, 0.5) is 5.69 Å². The summed E-state index contributed by atoms with van der Waals surface area (Å²) in [6, 6.07) is 11.8. The fraction of sp³-hybridized carbons (Fsp3) is 0.350. The van der Waals surface area contributed by atoms with Gasteiger partial charge in [0.1, 0.15) is 5.75 Å². The summed E-state index contributed by atoms with van der Waals surface area (Å²) in [5.41, 5.74) is 0.874. The van der Waals surface area contributed by atoms with Gasteiger partial charge in [-0.1, -0.05) is 18.6 Å². The molecule has 1 N–H and O–H groups in total. The molecule has 0 aromatic heterocycles. The largest absolute Gasteiger partial charge is 0.492 e. The zero-order chi connectivity index (χ0) is 20.1. The van der Waals surface area contributed by atoms with Crippen LogP contribution in [0.2, 0.25) is 0 Å². The maximum Gasteiger partial charge on any atom is 0.256 e. The van der Waals surface area contributed by atoms with E-state index >= 15 is 0 Å². The Morgan fingerprint density at radius 2 is 1.86 bits per heavy atom. The number of carbonyl (C=O) groups excluding carboxylic acids is 1. The van der Waals surface area contributed by atoms with Gasteiger partial charge < -0.3 is 10.1 Å². The summed E-state index contributed by atoms with van der Waals surface area (Å²) >= 11 is 2.10. The number of benzene rings is 2. The molecule has 0 spiro atoms. The van der Waals surface area contributed by atoms with Crippen molar-refractivity contribution >= 4 is 44.2 Å². The van der Waals surface area contributed by atoms with Gasteiger partial charge in [-0.25, -0.2) is 8.42 Å². The number of piperidine rings is 1. The molecule has 0 radical (unpaired) electrons. The number of hydrogen-bond acceptors (Lipinski definition) is 4. The average molecular weight is 514 g/mol. The molecular formula is C20H23IN2O4S. The molecule has 0 unspecified atom stereocenters. The van der Waals surface area contributed by atoms with Crippen LogP contribution in [-0.4, -0.2) is 38.3 Å². The monoisotopic (exact) mass is 514 g/mol. The predicted molar refractivity (Wildman–Crippen MR) is 117 cm³/mol. The highest BCUT2D eigenvalue weighted by atomic mass is 127. The molecule has 1 saturated heterocycles. The summed E-state index contributed by atoms with van der Waals surface area (Å²) in [6.07, 6.45) is 2.78. The Kier molecular flexibility index (Phi) is 6.95. The van der Waals surface area contributed by atoms with Crippen molar-refractivity contribution in [2.75, 3.05) is 25.0 Å². The smallest absolute Gasteiger partial charge is 0.256 e. The Balaban J connectivity index is 1.93. The van der Waals surface area contributed by atoms with Crippen LogP contribution in [0.1, 0.15) is 36.5 Å². The number of nitrogens with one attached hydrogen (secondary N) is 1. The van der Waals surface area contributed by atoms with Gasteiger partial charge in [-0.2, -0.15) is 4.31 Å². The summed E-state index contributed by atoms with van der Waals surface area (Å²) in [7, 11) is -3.60. The van der Waals surface area contributed by atoms with Gasteiger partial charge in [0.25, 0.3) is 5.91 Å². The zero-order valence-corrected chi connectivity index (χ0v) is 18.6. The summed E-state index contributed by atoms with van der Waals surface area (Å²) in [5, 5.41) is 2.82. The predicted octanol–water partition coefficient (Wildman–Crippen LogP) is 4.12. The number of hydrogen-bond donors (Lipinski definition) is 1. The minimum atomic E-state index is -3.60. The van der Waals surface area contributed by atoms with Crippen LogP contribution >= 0.6 is 22.6 Å². The summed E-state index contributed by atoms with van der Waals surface area (Å²) < 4.78 is 33.9. The van der Waals surface area contributed by atoms with E-state index in [2.05, 4.69) is 27.9 Å². The Morgan fingerprint density at radius 3 is 2.54 bits per heavy atom. The number of ether oxygens (including phenoxy) is 1. The Hall–Kier alpha value is -1.65. The summed E-state index contributed by atoms with van der Waals surface area (Å²) in [5.74, 6) is 0.137. The zero-order valence-electron chi connectivity index (χ0n) is 15.7. The lowest BCUT2D eigenvalue weighted by atomic mass is 10.2. The molecule has 0 bridgehead atoms. The number of anilines is 1. The standard InChI is InChI=1S/C20H23IN2O4S/c1-2-27-19-11-10-15(28(25,26)23-12-6-3-7-13-23)14-18(19)22-20(24)16-8-4-5-9-17(16)21/h4-5,8-11,14H,2-3,6-7,12-13H2,1H3,(H,22,24). The molecule has 2 aromatic rings. The quantitative estimate of drug-likeness (QED) is 0.589. The second kappa shape index (κ2) is 9.23. The minimum absolute atomic E-state index is 0.163. The first kappa shape index (κ1) is 21.1. The van der Waals surface area contributed by atoms with Gasteiger partial charge in [0.15, 0.2) is 0 Å². The lowest BCUT2D eigenvalue weighted by molar-refractivity contribution is 0.102. The SMILES string of the molecule is CCOc1ccc(S(=O)(=O)N2CCCCC2)cc1NC(=O)c1ccccc1I. The average Bonchev–Trinajstić information content (AvgIpc) is 2.70. The van der Waals surface area contributed by atoms with E-state index in [-0.39, 0.29) is 10.8 Å². The first-order valence-corrected chi connectivity index (χ1v) is 11.8. The van der Waals surface area contributed by atoms with E-state index < -0.39 is 10.0 Å². The van der Waals surface area contributed by atoms with Crippen LogP contribution < -0.4 is 10.1 Å². The Labute approximate surface area is 179 Å². The second-order valence-electron chi connectivity index (χ2n) is 6.49. The maximum atomic E-state index is 13.0. The van der Waals surface area contributed by atoms with Crippen molar-refractivity contribution < 1.29 is 17.9 Å². The first-order valence-electron chi connectivity index (χ1n) is 9.26.